The first kappa shape index (κ1) is 15.2. The number of H-pyrrole nitrogens is 1. The second kappa shape index (κ2) is 6.35. The van der Waals surface area contributed by atoms with Crippen LogP contribution in [0.15, 0.2) is 73.1 Å². The fourth-order valence-corrected chi connectivity index (χ4v) is 4.30. The van der Waals surface area contributed by atoms with Crippen molar-refractivity contribution in [2.24, 2.45) is 0 Å². The Bertz CT molecular complexity index is 1040. The number of thiazole rings is 1. The normalized spacial score (nSPS) is 12.6. The van der Waals surface area contributed by atoms with Crippen molar-refractivity contribution in [3.63, 3.8) is 0 Å². The van der Waals surface area contributed by atoms with Crippen molar-refractivity contribution in [2.75, 3.05) is 0 Å². The quantitative estimate of drug-likeness (QED) is 0.496. The molecular formula is C21H16N4S. The summed E-state index contributed by atoms with van der Waals surface area (Å²) < 4.78 is 1.21. The standard InChI is InChI=1S/C21H16N4S/c1-2-6-17-16(5-1)23-20(24-17)15(13-14-9-11-22-12-10-14)21-25-18-7-3-4-8-19(18)26-21/h1-12,15H,13H2,(H,23,24). The molecule has 5 heteroatoms. The zero-order valence-corrected chi connectivity index (χ0v) is 14.8. The van der Waals surface area contributed by atoms with E-state index in [4.69, 9.17) is 9.97 Å². The minimum absolute atomic E-state index is 0.0854. The van der Waals surface area contributed by atoms with Crippen LogP contribution in [0.4, 0.5) is 0 Å². The fourth-order valence-electron chi connectivity index (χ4n) is 3.23. The molecular weight excluding hydrogens is 340 g/mol. The van der Waals surface area contributed by atoms with E-state index in [9.17, 15) is 0 Å². The third-order valence-electron chi connectivity index (χ3n) is 4.54. The third kappa shape index (κ3) is 2.76. The summed E-state index contributed by atoms with van der Waals surface area (Å²) in [6.45, 7) is 0. The molecule has 0 spiro atoms. The summed E-state index contributed by atoms with van der Waals surface area (Å²) in [6.07, 6.45) is 4.51. The summed E-state index contributed by atoms with van der Waals surface area (Å²) in [5.41, 5.74) is 4.32. The Balaban J connectivity index is 1.64. The summed E-state index contributed by atoms with van der Waals surface area (Å²) in [4.78, 5) is 17.4. The molecule has 0 aliphatic heterocycles. The Morgan fingerprint density at radius 3 is 2.42 bits per heavy atom. The number of rotatable bonds is 4. The molecule has 4 nitrogen and oxygen atoms in total. The number of fused-ring (bicyclic) bond motifs is 2. The van der Waals surface area contributed by atoms with E-state index in [0.717, 1.165) is 33.8 Å². The average molecular weight is 356 g/mol. The van der Waals surface area contributed by atoms with Crippen LogP contribution < -0.4 is 0 Å². The first-order chi connectivity index (χ1) is 12.9. The molecule has 0 radical (unpaired) electrons. The monoisotopic (exact) mass is 356 g/mol. The van der Waals surface area contributed by atoms with E-state index in [2.05, 4.69) is 46.4 Å². The average Bonchev–Trinajstić information content (AvgIpc) is 3.30. The molecule has 3 aromatic heterocycles. The van der Waals surface area contributed by atoms with Gasteiger partial charge in [0.25, 0.3) is 0 Å². The number of hydrogen-bond acceptors (Lipinski definition) is 4. The van der Waals surface area contributed by atoms with Gasteiger partial charge in [-0.1, -0.05) is 24.3 Å². The Labute approximate surface area is 154 Å². The highest BCUT2D eigenvalue weighted by atomic mass is 32.1. The summed E-state index contributed by atoms with van der Waals surface area (Å²) in [5.74, 6) is 1.05. The molecule has 0 saturated carbocycles. The summed E-state index contributed by atoms with van der Waals surface area (Å²) in [5, 5.41) is 1.09. The van der Waals surface area contributed by atoms with Gasteiger partial charge < -0.3 is 4.98 Å². The van der Waals surface area contributed by atoms with Gasteiger partial charge in [0.2, 0.25) is 0 Å². The SMILES string of the molecule is c1ccc2[nH]c(C(Cc3ccncc3)c3nc4ccccc4s3)nc2c1. The van der Waals surface area contributed by atoms with E-state index >= 15 is 0 Å². The highest BCUT2D eigenvalue weighted by molar-refractivity contribution is 7.18. The number of hydrogen-bond donors (Lipinski definition) is 1. The molecule has 0 saturated heterocycles. The van der Waals surface area contributed by atoms with Crippen LogP contribution in [0.5, 0.6) is 0 Å². The predicted octanol–water partition coefficient (Wildman–Crippen LogP) is 4.94. The summed E-state index contributed by atoms with van der Waals surface area (Å²) in [6, 6.07) is 20.5. The van der Waals surface area contributed by atoms with Crippen molar-refractivity contribution in [3.8, 4) is 0 Å². The maximum Gasteiger partial charge on any atom is 0.117 e. The topological polar surface area (TPSA) is 54.5 Å². The smallest absolute Gasteiger partial charge is 0.117 e. The van der Waals surface area contributed by atoms with Crippen LogP contribution in [0.25, 0.3) is 21.3 Å². The number of nitrogens with zero attached hydrogens (tertiary/aromatic N) is 3. The van der Waals surface area contributed by atoms with Gasteiger partial charge >= 0.3 is 0 Å². The van der Waals surface area contributed by atoms with Gasteiger partial charge in [0.1, 0.15) is 10.8 Å². The Kier molecular flexibility index (Phi) is 3.72. The maximum absolute atomic E-state index is 4.90. The number of aromatic nitrogens is 4. The van der Waals surface area contributed by atoms with Crippen molar-refractivity contribution in [2.45, 2.75) is 12.3 Å². The zero-order chi connectivity index (χ0) is 17.3. The minimum atomic E-state index is 0.0854. The largest absolute Gasteiger partial charge is 0.341 e. The zero-order valence-electron chi connectivity index (χ0n) is 14.0. The molecule has 0 aliphatic rings. The van der Waals surface area contributed by atoms with E-state index in [1.165, 1.54) is 10.3 Å². The first-order valence-electron chi connectivity index (χ1n) is 8.56. The number of benzene rings is 2. The molecule has 0 bridgehead atoms. The lowest BCUT2D eigenvalue weighted by Crippen LogP contribution is -2.07. The van der Waals surface area contributed by atoms with Gasteiger partial charge in [-0.3, -0.25) is 4.98 Å². The fraction of sp³-hybridized carbons (Fsp3) is 0.0952. The third-order valence-corrected chi connectivity index (χ3v) is 5.69. The Hall–Kier alpha value is -3.05. The van der Waals surface area contributed by atoms with E-state index < -0.39 is 0 Å². The Morgan fingerprint density at radius 1 is 0.846 bits per heavy atom. The Morgan fingerprint density at radius 2 is 1.62 bits per heavy atom. The van der Waals surface area contributed by atoms with Gasteiger partial charge in [0.05, 0.1) is 27.2 Å². The summed E-state index contributed by atoms with van der Waals surface area (Å²) in [7, 11) is 0. The molecule has 126 valence electrons. The molecule has 26 heavy (non-hydrogen) atoms. The molecule has 0 aliphatic carbocycles. The van der Waals surface area contributed by atoms with Gasteiger partial charge in [-0.05, 0) is 48.4 Å². The van der Waals surface area contributed by atoms with Gasteiger partial charge in [0.15, 0.2) is 0 Å². The maximum atomic E-state index is 4.90. The molecule has 0 fully saturated rings. The van der Waals surface area contributed by atoms with Gasteiger partial charge in [-0.25, -0.2) is 9.97 Å². The number of aromatic amines is 1. The van der Waals surface area contributed by atoms with Crippen LogP contribution in [0, 0.1) is 0 Å². The van der Waals surface area contributed by atoms with Crippen molar-refractivity contribution in [3.05, 3.63) is 89.5 Å². The van der Waals surface area contributed by atoms with Crippen LogP contribution in [-0.2, 0) is 6.42 Å². The van der Waals surface area contributed by atoms with E-state index in [-0.39, 0.29) is 5.92 Å². The minimum Gasteiger partial charge on any atom is -0.341 e. The second-order valence-electron chi connectivity index (χ2n) is 6.27. The molecule has 5 aromatic rings. The number of nitrogens with one attached hydrogen (secondary N) is 1. The molecule has 1 atom stereocenters. The first-order valence-corrected chi connectivity index (χ1v) is 9.37. The predicted molar refractivity (Wildman–Crippen MR) is 105 cm³/mol. The lowest BCUT2D eigenvalue weighted by atomic mass is 10.00. The lowest BCUT2D eigenvalue weighted by Gasteiger charge is -2.12. The molecule has 0 amide bonds. The van der Waals surface area contributed by atoms with Crippen LogP contribution in [0.3, 0.4) is 0 Å². The number of imidazole rings is 1. The molecule has 3 heterocycles. The molecule has 5 rings (SSSR count). The van der Waals surface area contributed by atoms with Gasteiger partial charge in [0, 0.05) is 12.4 Å². The lowest BCUT2D eigenvalue weighted by molar-refractivity contribution is 0.749. The van der Waals surface area contributed by atoms with Crippen molar-refractivity contribution in [1.82, 2.24) is 19.9 Å². The molecule has 2 aromatic carbocycles. The summed E-state index contributed by atoms with van der Waals surface area (Å²) >= 11 is 1.74. The van der Waals surface area contributed by atoms with Gasteiger partial charge in [-0.2, -0.15) is 0 Å². The van der Waals surface area contributed by atoms with Crippen LogP contribution in [0.2, 0.25) is 0 Å². The van der Waals surface area contributed by atoms with E-state index in [1.54, 1.807) is 11.3 Å². The highest BCUT2D eigenvalue weighted by Gasteiger charge is 2.22. The van der Waals surface area contributed by atoms with Crippen molar-refractivity contribution in [1.29, 1.82) is 0 Å². The highest BCUT2D eigenvalue weighted by Crippen LogP contribution is 2.33. The van der Waals surface area contributed by atoms with Crippen LogP contribution in [-0.4, -0.2) is 19.9 Å². The number of pyridine rings is 1. The van der Waals surface area contributed by atoms with Gasteiger partial charge in [-0.15, -0.1) is 11.3 Å². The van der Waals surface area contributed by atoms with Crippen molar-refractivity contribution < 1.29 is 0 Å². The number of para-hydroxylation sites is 3. The van der Waals surface area contributed by atoms with E-state index in [1.807, 2.05) is 36.7 Å². The van der Waals surface area contributed by atoms with Crippen LogP contribution in [0.1, 0.15) is 22.3 Å². The molecule has 1 N–H and O–H groups in total. The van der Waals surface area contributed by atoms with Crippen LogP contribution >= 0.6 is 11.3 Å². The van der Waals surface area contributed by atoms with Crippen molar-refractivity contribution >= 4 is 32.6 Å². The van der Waals surface area contributed by atoms with E-state index in [0.29, 0.717) is 0 Å². The second-order valence-corrected chi connectivity index (χ2v) is 7.33. The molecule has 1 unspecified atom stereocenters.